The van der Waals surface area contributed by atoms with E-state index in [1.807, 2.05) is 60.4 Å². The fourth-order valence-electron chi connectivity index (χ4n) is 2.75. The topological polar surface area (TPSA) is 69.3 Å². The van der Waals surface area contributed by atoms with Gasteiger partial charge in [-0.3, -0.25) is 4.79 Å². The summed E-state index contributed by atoms with van der Waals surface area (Å²) in [5.74, 6) is 1.33. The maximum atomic E-state index is 12.1. The third-order valence-electron chi connectivity index (χ3n) is 3.89. The third kappa shape index (κ3) is 3.17. The zero-order chi connectivity index (χ0) is 17.1. The average molecular weight is 339 g/mol. The van der Waals surface area contributed by atoms with E-state index in [0.717, 1.165) is 17.2 Å². The number of anilines is 1. The van der Waals surface area contributed by atoms with Crippen LogP contribution in [0.25, 0.3) is 0 Å². The van der Waals surface area contributed by atoms with Gasteiger partial charge >= 0.3 is 0 Å². The number of nitrogens with one attached hydrogen (secondary N) is 1. The number of nitrogens with zero attached hydrogens (tertiary/aromatic N) is 2. The van der Waals surface area contributed by atoms with E-state index in [0.29, 0.717) is 17.9 Å². The summed E-state index contributed by atoms with van der Waals surface area (Å²) < 4.78 is 5.60. The van der Waals surface area contributed by atoms with Crippen molar-refractivity contribution in [2.45, 2.75) is 25.9 Å². The highest BCUT2D eigenvalue weighted by Gasteiger charge is 2.32. The van der Waals surface area contributed by atoms with E-state index in [-0.39, 0.29) is 11.7 Å². The van der Waals surface area contributed by atoms with Crippen molar-refractivity contribution in [3.05, 3.63) is 64.6 Å². The van der Waals surface area contributed by atoms with Gasteiger partial charge in [-0.25, -0.2) is 0 Å². The van der Waals surface area contributed by atoms with Crippen molar-refractivity contribution in [3.63, 3.8) is 0 Å². The van der Waals surface area contributed by atoms with Crippen LogP contribution in [0.5, 0.6) is 0 Å². The number of amides is 1. The second-order valence-electron chi connectivity index (χ2n) is 5.56. The van der Waals surface area contributed by atoms with Crippen LogP contribution in [0.1, 0.15) is 17.9 Å². The fraction of sp³-hybridized carbons (Fsp3) is 0.222. The first kappa shape index (κ1) is 16.2. The number of rotatable bonds is 4. The molecule has 2 heterocycles. The summed E-state index contributed by atoms with van der Waals surface area (Å²) in [6, 6.07) is 15.4. The van der Waals surface area contributed by atoms with Crippen LogP contribution in [0.4, 0.5) is 5.69 Å². The minimum Gasteiger partial charge on any atom is -0.466 e. The summed E-state index contributed by atoms with van der Waals surface area (Å²) in [6.45, 7) is 1.90. The monoisotopic (exact) mass is 339 g/mol. The molecule has 2 aromatic rings. The van der Waals surface area contributed by atoms with E-state index in [1.165, 1.54) is 0 Å². The lowest BCUT2D eigenvalue weighted by atomic mass is 10.1. The molecule has 0 radical (unpaired) electrons. The fourth-order valence-corrected chi connectivity index (χ4v) is 3.16. The molecular formula is C18H17N3O2S. The second-order valence-corrected chi connectivity index (χ2v) is 5.98. The van der Waals surface area contributed by atoms with E-state index in [2.05, 4.69) is 17.9 Å². The van der Waals surface area contributed by atoms with E-state index in [9.17, 15) is 10.1 Å². The number of hydrogen-bond acceptors (Lipinski definition) is 5. The van der Waals surface area contributed by atoms with Crippen molar-refractivity contribution in [2.75, 3.05) is 4.90 Å². The first-order valence-corrected chi connectivity index (χ1v) is 8.08. The van der Waals surface area contributed by atoms with Crippen LogP contribution in [0.2, 0.25) is 0 Å². The highest BCUT2D eigenvalue weighted by atomic mass is 32.1. The smallest absolute Gasteiger partial charge is 0.266 e. The Morgan fingerprint density at radius 1 is 1.29 bits per heavy atom. The molecule has 5 nitrogen and oxygen atoms in total. The van der Waals surface area contributed by atoms with Crippen LogP contribution in [0.3, 0.4) is 0 Å². The van der Waals surface area contributed by atoms with Gasteiger partial charge in [-0.1, -0.05) is 18.2 Å². The summed E-state index contributed by atoms with van der Waals surface area (Å²) in [4.78, 5) is 14.0. The van der Waals surface area contributed by atoms with Crippen LogP contribution in [0, 0.1) is 18.3 Å². The molecule has 24 heavy (non-hydrogen) atoms. The molecule has 0 bridgehead atoms. The van der Waals surface area contributed by atoms with Gasteiger partial charge in [0.2, 0.25) is 0 Å². The zero-order valence-electron chi connectivity index (χ0n) is 13.2. The first-order chi connectivity index (χ1) is 11.6. The normalized spacial score (nSPS) is 17.6. The number of thiol groups is 1. The van der Waals surface area contributed by atoms with Crippen molar-refractivity contribution in [3.8, 4) is 6.07 Å². The van der Waals surface area contributed by atoms with Crippen LogP contribution >= 0.6 is 12.6 Å². The minimum absolute atomic E-state index is 0.0206. The lowest BCUT2D eigenvalue weighted by Crippen LogP contribution is -2.52. The molecule has 0 saturated heterocycles. The largest absolute Gasteiger partial charge is 0.466 e. The highest BCUT2D eigenvalue weighted by molar-refractivity contribution is 7.84. The highest BCUT2D eigenvalue weighted by Crippen LogP contribution is 2.30. The van der Waals surface area contributed by atoms with Crippen LogP contribution in [-0.2, 0) is 11.2 Å². The van der Waals surface area contributed by atoms with Crippen molar-refractivity contribution in [1.29, 1.82) is 5.26 Å². The molecule has 3 rings (SSSR count). The lowest BCUT2D eigenvalue weighted by molar-refractivity contribution is -0.118. The Hall–Kier alpha value is -2.65. The Kier molecular flexibility index (Phi) is 4.63. The molecular weight excluding hydrogens is 322 g/mol. The van der Waals surface area contributed by atoms with Gasteiger partial charge in [0.25, 0.3) is 5.91 Å². The maximum Gasteiger partial charge on any atom is 0.266 e. The van der Waals surface area contributed by atoms with Crippen molar-refractivity contribution >= 4 is 24.2 Å². The minimum atomic E-state index is -0.393. The maximum absolute atomic E-state index is 12.1. The predicted molar refractivity (Wildman–Crippen MR) is 94.2 cm³/mol. The number of furan rings is 1. The number of hydrogen-bond donors (Lipinski definition) is 2. The molecule has 1 aromatic carbocycles. The number of para-hydroxylation sites is 1. The number of nitriles is 1. The Labute approximate surface area is 146 Å². The van der Waals surface area contributed by atoms with Crippen LogP contribution in [0.15, 0.2) is 57.5 Å². The molecule has 1 aliphatic rings. The molecule has 1 amide bonds. The van der Waals surface area contributed by atoms with Gasteiger partial charge in [-0.05, 0) is 37.6 Å². The van der Waals surface area contributed by atoms with E-state index in [4.69, 9.17) is 4.42 Å². The number of aryl methyl sites for hydroxylation is 2. The molecule has 1 atom stereocenters. The molecule has 0 aliphatic carbocycles. The molecule has 0 spiro atoms. The average Bonchev–Trinajstić information content (AvgIpc) is 2.99. The van der Waals surface area contributed by atoms with Crippen LogP contribution < -0.4 is 10.2 Å². The van der Waals surface area contributed by atoms with Gasteiger partial charge in [0.15, 0.2) is 0 Å². The zero-order valence-corrected chi connectivity index (χ0v) is 14.1. The van der Waals surface area contributed by atoms with Gasteiger partial charge in [0.05, 0.1) is 5.03 Å². The van der Waals surface area contributed by atoms with Gasteiger partial charge < -0.3 is 14.6 Å². The SMILES string of the molecule is Cc1ccc(CCC2NC(=O)C(C#N)=C(S)N2c2ccccc2)o1. The van der Waals surface area contributed by atoms with E-state index < -0.39 is 5.91 Å². The van der Waals surface area contributed by atoms with Crippen molar-refractivity contribution in [1.82, 2.24) is 5.32 Å². The molecule has 1 aliphatic heterocycles. The van der Waals surface area contributed by atoms with E-state index >= 15 is 0 Å². The first-order valence-electron chi connectivity index (χ1n) is 7.64. The summed E-state index contributed by atoms with van der Waals surface area (Å²) in [5.41, 5.74) is 0.892. The lowest BCUT2D eigenvalue weighted by Gasteiger charge is -2.37. The number of benzene rings is 1. The van der Waals surface area contributed by atoms with Gasteiger partial charge in [0, 0.05) is 12.1 Å². The van der Waals surface area contributed by atoms with Crippen molar-refractivity contribution in [2.24, 2.45) is 0 Å². The van der Waals surface area contributed by atoms with Gasteiger partial charge in [-0.15, -0.1) is 12.6 Å². The summed E-state index contributed by atoms with van der Waals surface area (Å²) in [6.07, 6.45) is 1.01. The summed E-state index contributed by atoms with van der Waals surface area (Å²) in [7, 11) is 0. The Balaban J connectivity index is 1.90. The molecule has 1 N–H and O–H groups in total. The molecule has 1 unspecified atom stereocenters. The molecule has 122 valence electrons. The number of carbonyl (C=O) groups is 1. The molecule has 0 saturated carbocycles. The van der Waals surface area contributed by atoms with Crippen LogP contribution in [-0.4, -0.2) is 12.1 Å². The standard InChI is InChI=1S/C18H17N3O2S/c1-12-7-8-14(23-12)9-10-16-20-17(22)15(11-19)18(24)21(16)13-5-3-2-4-6-13/h2-8,16,24H,9-10H2,1H3,(H,20,22). The van der Waals surface area contributed by atoms with Gasteiger partial charge in [0.1, 0.15) is 29.3 Å². The third-order valence-corrected chi connectivity index (χ3v) is 4.33. The quantitative estimate of drug-likeness (QED) is 0.840. The Morgan fingerprint density at radius 3 is 2.67 bits per heavy atom. The van der Waals surface area contributed by atoms with Crippen molar-refractivity contribution < 1.29 is 9.21 Å². The molecule has 1 aromatic heterocycles. The number of carbonyl (C=O) groups excluding carboxylic acids is 1. The van der Waals surface area contributed by atoms with Gasteiger partial charge in [-0.2, -0.15) is 5.26 Å². The van der Waals surface area contributed by atoms with E-state index in [1.54, 1.807) is 0 Å². The predicted octanol–water partition coefficient (Wildman–Crippen LogP) is 3.15. The second kappa shape index (κ2) is 6.85. The molecule has 0 fully saturated rings. The Morgan fingerprint density at radius 2 is 2.04 bits per heavy atom. The summed E-state index contributed by atoms with van der Waals surface area (Å²) in [5, 5.41) is 12.5. The summed E-state index contributed by atoms with van der Waals surface area (Å²) >= 11 is 4.44. The Bertz CT molecular complexity index is 820. The molecule has 6 heteroatoms.